The number of thioether (sulfide) groups is 2. The summed E-state index contributed by atoms with van der Waals surface area (Å²) in [5, 5.41) is 21.5. The third-order valence-electron chi connectivity index (χ3n) is 5.23. The number of carboxylic acids is 1. The molecule has 0 aromatic heterocycles. The van der Waals surface area contributed by atoms with Gasteiger partial charge >= 0.3 is 5.97 Å². The molecular weight excluding hydrogens is 416 g/mol. The fourth-order valence-electron chi connectivity index (χ4n) is 3.73. The Labute approximate surface area is 186 Å². The number of carboxylic acid groups (broad SMARTS) is 1. The normalized spacial score (nSPS) is 20.2. The molecule has 0 bridgehead atoms. The van der Waals surface area contributed by atoms with Gasteiger partial charge in [0, 0.05) is 12.8 Å². The topological polar surface area (TPSA) is 74.6 Å². The van der Waals surface area contributed by atoms with Crippen molar-refractivity contribution in [3.63, 3.8) is 0 Å². The molecule has 3 rings (SSSR count). The van der Waals surface area contributed by atoms with Gasteiger partial charge in [0.25, 0.3) is 0 Å². The van der Waals surface area contributed by atoms with Crippen molar-refractivity contribution in [1.29, 1.82) is 0 Å². The van der Waals surface area contributed by atoms with Crippen LogP contribution in [0.15, 0.2) is 54.6 Å². The predicted molar refractivity (Wildman–Crippen MR) is 126 cm³/mol. The minimum absolute atomic E-state index is 0.0430. The maximum atomic E-state index is 12.3. The van der Waals surface area contributed by atoms with E-state index >= 15 is 0 Å². The fraction of sp³-hybridized carbons (Fsp3) is 0.417. The van der Waals surface area contributed by atoms with E-state index in [0.29, 0.717) is 12.8 Å². The third kappa shape index (κ3) is 6.89. The van der Waals surface area contributed by atoms with Crippen LogP contribution in [0.25, 0.3) is 10.8 Å². The van der Waals surface area contributed by atoms with E-state index in [0.717, 1.165) is 29.9 Å². The number of carbonyl (C=O) groups excluding carboxylic acids is 1. The van der Waals surface area contributed by atoms with Gasteiger partial charge in [-0.2, -0.15) is 11.8 Å². The molecule has 2 N–H and O–H groups in total. The van der Waals surface area contributed by atoms with Crippen LogP contribution in [0.5, 0.6) is 0 Å². The van der Waals surface area contributed by atoms with Crippen molar-refractivity contribution in [3.05, 3.63) is 60.2 Å². The van der Waals surface area contributed by atoms with E-state index in [2.05, 4.69) is 30.3 Å². The lowest BCUT2D eigenvalue weighted by molar-refractivity contribution is -0.133. The molecule has 0 spiro atoms. The first-order chi connectivity index (χ1) is 14.5. The van der Waals surface area contributed by atoms with Gasteiger partial charge in [-0.3, -0.25) is 9.59 Å². The first-order valence-corrected chi connectivity index (χ1v) is 12.5. The van der Waals surface area contributed by atoms with Crippen molar-refractivity contribution in [3.8, 4) is 0 Å². The molecule has 2 aromatic carbocycles. The fourth-order valence-corrected chi connectivity index (χ4v) is 5.92. The van der Waals surface area contributed by atoms with E-state index in [9.17, 15) is 14.7 Å². The summed E-state index contributed by atoms with van der Waals surface area (Å²) in [6, 6.07) is 14.4. The standard InChI is InChI=1S/C24H28O4S2/c25-21(15-17-6-7-18-4-1-2-5-20(18)14-17)10-8-19-9-11-22(26)24(19)30-13-3-12-29-16-23(27)28/h1-2,4-8,10,14,19,21,24-25H,3,9,11-13,15-16H2,(H,27,28). The van der Waals surface area contributed by atoms with Gasteiger partial charge in [-0.15, -0.1) is 11.8 Å². The van der Waals surface area contributed by atoms with Crippen molar-refractivity contribution in [2.75, 3.05) is 17.3 Å². The molecule has 4 nitrogen and oxygen atoms in total. The highest BCUT2D eigenvalue weighted by atomic mass is 32.2. The number of hydrogen-bond acceptors (Lipinski definition) is 5. The third-order valence-corrected chi connectivity index (χ3v) is 7.75. The first-order valence-electron chi connectivity index (χ1n) is 10.3. The Balaban J connectivity index is 1.47. The van der Waals surface area contributed by atoms with Crippen LogP contribution in [-0.2, 0) is 16.0 Å². The Kier molecular flexibility index (Phi) is 8.85. The van der Waals surface area contributed by atoms with E-state index in [1.165, 1.54) is 22.5 Å². The first kappa shape index (κ1) is 22.9. The Bertz CT molecular complexity index is 896. The molecule has 1 aliphatic carbocycles. The number of Topliss-reactive ketones (excluding diaryl/α,β-unsaturated/α-hetero) is 1. The SMILES string of the molecule is O=C(O)CSCCCSC1C(=O)CCC1C=CC(O)Cc1ccc2ccccc2c1. The molecule has 0 radical (unpaired) electrons. The number of rotatable bonds is 11. The quantitative estimate of drug-likeness (QED) is 0.390. The number of aliphatic hydroxyl groups excluding tert-OH is 1. The van der Waals surface area contributed by atoms with Gasteiger partial charge in [-0.05, 0) is 46.6 Å². The van der Waals surface area contributed by atoms with E-state index < -0.39 is 12.1 Å². The van der Waals surface area contributed by atoms with Crippen LogP contribution in [0.3, 0.4) is 0 Å². The highest BCUT2D eigenvalue weighted by Gasteiger charge is 2.33. The second-order valence-electron chi connectivity index (χ2n) is 7.60. The Morgan fingerprint density at radius 2 is 1.97 bits per heavy atom. The molecule has 0 saturated heterocycles. The Morgan fingerprint density at radius 3 is 2.77 bits per heavy atom. The van der Waals surface area contributed by atoms with Crippen molar-refractivity contribution in [1.82, 2.24) is 0 Å². The molecule has 1 saturated carbocycles. The number of benzene rings is 2. The Hall–Kier alpha value is -1.76. The Morgan fingerprint density at radius 1 is 1.17 bits per heavy atom. The average Bonchev–Trinajstić information content (AvgIpc) is 3.08. The molecule has 1 aliphatic rings. The molecule has 0 aliphatic heterocycles. The monoisotopic (exact) mass is 444 g/mol. The van der Waals surface area contributed by atoms with Crippen molar-refractivity contribution < 1.29 is 19.8 Å². The highest BCUT2D eigenvalue weighted by Crippen LogP contribution is 2.34. The maximum Gasteiger partial charge on any atom is 0.313 e. The summed E-state index contributed by atoms with van der Waals surface area (Å²) < 4.78 is 0. The average molecular weight is 445 g/mol. The molecule has 3 unspecified atom stereocenters. The summed E-state index contributed by atoms with van der Waals surface area (Å²) >= 11 is 3.09. The summed E-state index contributed by atoms with van der Waals surface area (Å²) in [5.41, 5.74) is 1.10. The van der Waals surface area contributed by atoms with Crippen LogP contribution >= 0.6 is 23.5 Å². The maximum absolute atomic E-state index is 12.3. The van der Waals surface area contributed by atoms with E-state index in [4.69, 9.17) is 5.11 Å². The van der Waals surface area contributed by atoms with Gasteiger partial charge in [0.05, 0.1) is 17.1 Å². The van der Waals surface area contributed by atoms with Crippen molar-refractivity contribution >= 4 is 46.0 Å². The second kappa shape index (κ2) is 11.6. The van der Waals surface area contributed by atoms with Crippen LogP contribution in [0, 0.1) is 5.92 Å². The van der Waals surface area contributed by atoms with Crippen LogP contribution in [0.2, 0.25) is 0 Å². The molecule has 30 heavy (non-hydrogen) atoms. The van der Waals surface area contributed by atoms with Gasteiger partial charge in [0.15, 0.2) is 0 Å². The molecule has 160 valence electrons. The van der Waals surface area contributed by atoms with Gasteiger partial charge < -0.3 is 10.2 Å². The van der Waals surface area contributed by atoms with Crippen molar-refractivity contribution in [2.24, 2.45) is 5.92 Å². The summed E-state index contributed by atoms with van der Waals surface area (Å²) in [5.74, 6) is 1.45. The van der Waals surface area contributed by atoms with E-state index in [-0.39, 0.29) is 22.7 Å². The zero-order valence-electron chi connectivity index (χ0n) is 16.9. The summed E-state index contributed by atoms with van der Waals surface area (Å²) in [6.07, 6.45) is 6.18. The number of aliphatic carboxylic acids is 1. The van der Waals surface area contributed by atoms with Gasteiger partial charge in [0.1, 0.15) is 5.78 Å². The van der Waals surface area contributed by atoms with Gasteiger partial charge in [-0.25, -0.2) is 0 Å². The molecule has 6 heteroatoms. The van der Waals surface area contributed by atoms with E-state index in [1.54, 1.807) is 11.8 Å². The smallest absolute Gasteiger partial charge is 0.313 e. The molecular formula is C24H28O4S2. The second-order valence-corrected chi connectivity index (χ2v) is 9.95. The van der Waals surface area contributed by atoms with Crippen LogP contribution < -0.4 is 0 Å². The zero-order chi connectivity index (χ0) is 21.3. The number of hydrogen-bond donors (Lipinski definition) is 2. The van der Waals surface area contributed by atoms with E-state index in [1.807, 2.05) is 24.3 Å². The molecule has 2 aromatic rings. The number of aliphatic hydroxyl groups is 1. The summed E-state index contributed by atoms with van der Waals surface area (Å²) in [7, 11) is 0. The molecule has 0 amide bonds. The zero-order valence-corrected chi connectivity index (χ0v) is 18.5. The molecule has 3 atom stereocenters. The van der Waals surface area contributed by atoms with Gasteiger partial charge in [0.2, 0.25) is 0 Å². The summed E-state index contributed by atoms with van der Waals surface area (Å²) in [4.78, 5) is 22.8. The predicted octanol–water partition coefficient (Wildman–Crippen LogP) is 4.59. The van der Waals surface area contributed by atoms with Crippen LogP contribution in [-0.4, -0.2) is 50.6 Å². The lowest BCUT2D eigenvalue weighted by atomic mass is 10.0. The van der Waals surface area contributed by atoms with Crippen molar-refractivity contribution in [2.45, 2.75) is 37.0 Å². The number of carbonyl (C=O) groups is 2. The minimum atomic E-state index is -0.786. The highest BCUT2D eigenvalue weighted by molar-refractivity contribution is 8.01. The number of allylic oxidation sites excluding steroid dienone is 1. The number of ketones is 1. The largest absolute Gasteiger partial charge is 0.481 e. The lowest BCUT2D eigenvalue weighted by Crippen LogP contribution is -2.17. The minimum Gasteiger partial charge on any atom is -0.481 e. The molecule has 1 fully saturated rings. The van der Waals surface area contributed by atoms with Gasteiger partial charge in [-0.1, -0.05) is 54.6 Å². The number of fused-ring (bicyclic) bond motifs is 1. The lowest BCUT2D eigenvalue weighted by Gasteiger charge is -2.15. The summed E-state index contributed by atoms with van der Waals surface area (Å²) in [6.45, 7) is 0. The van der Waals surface area contributed by atoms with Crippen LogP contribution in [0.1, 0.15) is 24.8 Å². The molecule has 0 heterocycles. The van der Waals surface area contributed by atoms with Crippen LogP contribution in [0.4, 0.5) is 0 Å².